The highest BCUT2D eigenvalue weighted by molar-refractivity contribution is 7.93. The van der Waals surface area contributed by atoms with Crippen molar-refractivity contribution in [1.29, 1.82) is 5.26 Å². The molecule has 3 heterocycles. The first-order valence-corrected chi connectivity index (χ1v) is 17.3. The molecule has 0 radical (unpaired) electrons. The van der Waals surface area contributed by atoms with Crippen LogP contribution in [0.25, 0.3) is 0 Å². The third-order valence-corrected chi connectivity index (χ3v) is 10.2. The van der Waals surface area contributed by atoms with Crippen LogP contribution in [-0.4, -0.2) is 80.6 Å². The van der Waals surface area contributed by atoms with E-state index in [9.17, 15) is 40.0 Å². The molecule has 1 amide bonds. The van der Waals surface area contributed by atoms with Gasteiger partial charge in [-0.3, -0.25) is 14.7 Å². The molecule has 4 aromatic rings. The van der Waals surface area contributed by atoms with Crippen LogP contribution >= 0.6 is 0 Å². The second-order valence-electron chi connectivity index (χ2n) is 11.5. The molecule has 0 aliphatic carbocycles. The number of nitrogens with zero attached hydrogens (tertiary/aromatic N) is 5. The number of para-hydroxylation sites is 2. The molecule has 0 saturated carbocycles. The van der Waals surface area contributed by atoms with Crippen molar-refractivity contribution in [3.05, 3.63) is 108 Å². The van der Waals surface area contributed by atoms with E-state index in [1.807, 2.05) is 17.0 Å². The minimum Gasteiger partial charge on any atom is -0.493 e. The number of rotatable bonds is 8. The number of anilines is 2. The van der Waals surface area contributed by atoms with E-state index in [0.717, 1.165) is 17.8 Å². The van der Waals surface area contributed by atoms with Crippen molar-refractivity contribution in [2.45, 2.75) is 29.9 Å². The van der Waals surface area contributed by atoms with Crippen LogP contribution < -0.4 is 18.7 Å². The van der Waals surface area contributed by atoms with E-state index in [-0.39, 0.29) is 36.5 Å². The molecule has 0 spiro atoms. The second-order valence-corrected chi connectivity index (χ2v) is 13.3. The van der Waals surface area contributed by atoms with Crippen molar-refractivity contribution in [2.75, 3.05) is 42.0 Å². The topological polar surface area (TPSA) is 153 Å². The molecule has 1 aromatic heterocycles. The number of carbonyl (C=O) groups excluding carboxylic acids is 1. The van der Waals surface area contributed by atoms with Crippen molar-refractivity contribution in [2.24, 2.45) is 0 Å². The zero-order valence-corrected chi connectivity index (χ0v) is 28.8. The van der Waals surface area contributed by atoms with Crippen LogP contribution in [0.4, 0.5) is 37.7 Å². The molecule has 6 rings (SSSR count). The van der Waals surface area contributed by atoms with E-state index in [1.165, 1.54) is 30.3 Å². The summed E-state index contributed by atoms with van der Waals surface area (Å²) in [5.74, 6) is -4.38. The number of sulfonamides is 1. The number of piperazine rings is 1. The van der Waals surface area contributed by atoms with E-state index >= 15 is 4.79 Å². The van der Waals surface area contributed by atoms with Gasteiger partial charge in [-0.05, 0) is 55.5 Å². The van der Waals surface area contributed by atoms with Gasteiger partial charge in [0, 0.05) is 55.4 Å². The molecule has 1 unspecified atom stereocenters. The van der Waals surface area contributed by atoms with Crippen LogP contribution in [0.3, 0.4) is 0 Å². The van der Waals surface area contributed by atoms with Crippen LogP contribution in [0.15, 0.2) is 96.2 Å². The lowest BCUT2D eigenvalue weighted by molar-refractivity contribution is -0.275. The SMILES string of the molecule is CCOc1ccccc1C1(N2CCN(c3ccncc3)CC2)C(=O)N(S(=O)(=O)c2ccccc2OC(F)(F)F)c2ccc(C#N)cc21.O=C(O)C(F)(F)F. The van der Waals surface area contributed by atoms with Crippen molar-refractivity contribution >= 4 is 33.3 Å². The highest BCUT2D eigenvalue weighted by atomic mass is 32.2. The predicted molar refractivity (Wildman–Crippen MR) is 179 cm³/mol. The van der Waals surface area contributed by atoms with Crippen molar-refractivity contribution in [1.82, 2.24) is 9.88 Å². The molecule has 2 aliphatic heterocycles. The van der Waals surface area contributed by atoms with E-state index in [4.69, 9.17) is 14.6 Å². The first kappa shape index (κ1) is 39.3. The highest BCUT2D eigenvalue weighted by Gasteiger charge is 2.61. The minimum absolute atomic E-state index is 0.0984. The number of pyridine rings is 1. The first-order valence-electron chi connectivity index (χ1n) is 15.9. The summed E-state index contributed by atoms with van der Waals surface area (Å²) in [6.45, 7) is 3.42. The fraction of sp³-hybridized carbons (Fsp3) is 0.257. The normalized spacial score (nSPS) is 17.6. The Morgan fingerprint density at radius 1 is 0.907 bits per heavy atom. The van der Waals surface area contributed by atoms with Gasteiger partial charge in [0.05, 0.1) is 23.9 Å². The summed E-state index contributed by atoms with van der Waals surface area (Å²) < 4.78 is 111. The fourth-order valence-electron chi connectivity index (χ4n) is 6.29. The highest BCUT2D eigenvalue weighted by Crippen LogP contribution is 2.53. The summed E-state index contributed by atoms with van der Waals surface area (Å²) in [5, 5.41) is 17.0. The number of ether oxygens (including phenoxy) is 2. The maximum absolute atomic E-state index is 15.2. The van der Waals surface area contributed by atoms with Crippen molar-refractivity contribution in [3.8, 4) is 17.6 Å². The summed E-state index contributed by atoms with van der Waals surface area (Å²) in [6, 6.07) is 20.9. The summed E-state index contributed by atoms with van der Waals surface area (Å²) in [7, 11) is -5.03. The average Bonchev–Trinajstić information content (AvgIpc) is 3.40. The van der Waals surface area contributed by atoms with E-state index in [0.29, 0.717) is 28.7 Å². The number of nitriles is 1. The Labute approximate surface area is 304 Å². The maximum Gasteiger partial charge on any atom is 0.573 e. The Hall–Kier alpha value is -5.87. The molecule has 2 aliphatic rings. The van der Waals surface area contributed by atoms with E-state index in [1.54, 1.807) is 43.6 Å². The number of halogens is 6. The molecule has 284 valence electrons. The van der Waals surface area contributed by atoms with Crippen LogP contribution in [0.5, 0.6) is 11.5 Å². The number of fused-ring (bicyclic) bond motifs is 1. The molecule has 1 fully saturated rings. The molecule has 19 heteroatoms. The quantitative estimate of drug-likeness (QED) is 0.220. The molecular weight excluding hydrogens is 748 g/mol. The van der Waals surface area contributed by atoms with Gasteiger partial charge >= 0.3 is 18.5 Å². The Bertz CT molecular complexity index is 2170. The van der Waals surface area contributed by atoms with E-state index < -0.39 is 50.6 Å². The summed E-state index contributed by atoms with van der Waals surface area (Å²) in [4.78, 5) is 31.3. The number of carboxylic acid groups (broad SMARTS) is 1. The Morgan fingerprint density at radius 2 is 1.50 bits per heavy atom. The monoisotopic (exact) mass is 777 g/mol. The number of hydrogen-bond donors (Lipinski definition) is 1. The number of carboxylic acids is 1. The van der Waals surface area contributed by atoms with Crippen LogP contribution in [0, 0.1) is 11.3 Å². The van der Waals surface area contributed by atoms with Gasteiger partial charge < -0.3 is 19.5 Å². The number of amides is 1. The van der Waals surface area contributed by atoms with Gasteiger partial charge in [-0.2, -0.15) is 18.4 Å². The van der Waals surface area contributed by atoms with Crippen LogP contribution in [0.2, 0.25) is 0 Å². The zero-order chi connectivity index (χ0) is 39.5. The molecule has 1 atom stereocenters. The van der Waals surface area contributed by atoms with Gasteiger partial charge in [0.2, 0.25) is 0 Å². The largest absolute Gasteiger partial charge is 0.573 e. The van der Waals surface area contributed by atoms with Gasteiger partial charge in [0.25, 0.3) is 15.9 Å². The summed E-state index contributed by atoms with van der Waals surface area (Å²) >= 11 is 0. The lowest BCUT2D eigenvalue weighted by Crippen LogP contribution is -2.60. The number of benzene rings is 3. The van der Waals surface area contributed by atoms with Gasteiger partial charge in [0.1, 0.15) is 16.4 Å². The summed E-state index contributed by atoms with van der Waals surface area (Å²) in [6.07, 6.45) is -6.94. The lowest BCUT2D eigenvalue weighted by Gasteiger charge is -2.46. The lowest BCUT2D eigenvalue weighted by atomic mass is 9.80. The number of aromatic nitrogens is 1. The number of alkyl halides is 6. The maximum atomic E-state index is 15.2. The molecule has 3 aromatic carbocycles. The molecule has 1 N–H and O–H groups in total. The number of aliphatic carboxylic acids is 1. The van der Waals surface area contributed by atoms with Gasteiger partial charge in [-0.15, -0.1) is 13.2 Å². The van der Waals surface area contributed by atoms with Crippen molar-refractivity contribution < 1.29 is 58.9 Å². The zero-order valence-electron chi connectivity index (χ0n) is 28.0. The molecule has 0 bridgehead atoms. The van der Waals surface area contributed by atoms with Gasteiger partial charge in [-0.25, -0.2) is 17.5 Å². The van der Waals surface area contributed by atoms with Gasteiger partial charge in [0.15, 0.2) is 5.54 Å². The first-order chi connectivity index (χ1) is 25.5. The van der Waals surface area contributed by atoms with Crippen LogP contribution in [0.1, 0.15) is 23.6 Å². The average molecular weight is 778 g/mol. The molecule has 1 saturated heterocycles. The second kappa shape index (κ2) is 15.2. The van der Waals surface area contributed by atoms with Crippen LogP contribution in [-0.2, 0) is 25.2 Å². The number of carbonyl (C=O) groups is 2. The third kappa shape index (κ3) is 7.61. The predicted octanol–water partition coefficient (Wildman–Crippen LogP) is 5.69. The Kier molecular flexibility index (Phi) is 11.1. The minimum atomic E-state index is -5.20. The van der Waals surface area contributed by atoms with E-state index in [2.05, 4.69) is 20.7 Å². The van der Waals surface area contributed by atoms with Crippen molar-refractivity contribution in [3.63, 3.8) is 0 Å². The Morgan fingerprint density at radius 3 is 2.07 bits per heavy atom. The number of hydrogen-bond acceptors (Lipinski definition) is 10. The molecule has 12 nitrogen and oxygen atoms in total. The fourth-order valence-corrected chi connectivity index (χ4v) is 7.87. The smallest absolute Gasteiger partial charge is 0.493 e. The molecule has 54 heavy (non-hydrogen) atoms. The molecular formula is C35H29F6N5O7S. The Balaban J connectivity index is 0.000000730. The van der Waals surface area contributed by atoms with Gasteiger partial charge in [-0.1, -0.05) is 30.3 Å². The third-order valence-electron chi connectivity index (χ3n) is 8.42. The standard InChI is InChI=1S/C33H28F3N5O5S.C2HF3O2/c1-2-45-28-8-4-3-7-25(28)32(40-19-17-39(18-20-40)24-13-15-38-16-14-24)26-21-23(22-37)11-12-27(26)41(31(32)42)47(43,44)30-10-6-5-9-29(30)46-33(34,35)36;3-2(4,5)1(6)7/h3-16,21H,2,17-20H2,1H3;(H,6,7). The summed E-state index contributed by atoms with van der Waals surface area (Å²) in [5.41, 5.74) is -0.352.